The van der Waals surface area contributed by atoms with Crippen LogP contribution in [-0.4, -0.2) is 36.9 Å². The van der Waals surface area contributed by atoms with E-state index in [1.54, 1.807) is 0 Å². The van der Waals surface area contributed by atoms with E-state index in [9.17, 15) is 36.0 Å². The number of nitrogens with zero attached hydrogens (tertiary/aromatic N) is 2. The number of nitrogens with one attached hydrogen (secondary N) is 1. The van der Waals surface area contributed by atoms with Crippen molar-refractivity contribution >= 4 is 28.2 Å². The van der Waals surface area contributed by atoms with E-state index in [2.05, 4.69) is 5.32 Å². The summed E-state index contributed by atoms with van der Waals surface area (Å²) in [5.41, 5.74) is -1.70. The van der Waals surface area contributed by atoms with Crippen LogP contribution in [0.25, 0.3) is 0 Å². The number of likely N-dealkylation sites (N-methyl/N-ethyl adjacent to an activating group) is 1. The minimum absolute atomic E-state index is 0.215. The fourth-order valence-corrected chi connectivity index (χ4v) is 4.48. The first-order valence-corrected chi connectivity index (χ1v) is 9.56. The first-order valence-electron chi connectivity index (χ1n) is 8.74. The molecule has 30 heavy (non-hydrogen) atoms. The molecule has 1 N–H and O–H groups in total. The van der Waals surface area contributed by atoms with Gasteiger partial charge in [0, 0.05) is 25.0 Å². The van der Waals surface area contributed by atoms with Crippen LogP contribution in [0, 0.1) is 29.1 Å². The molecule has 0 radical (unpaired) electrons. The molecule has 0 unspecified atom stereocenters. The SMILES string of the molecule is CCN1CCc2c(sc(N(F)C(=O)c3c(F)c(F)c(F)c(F)c3F)c2C(=O)NC)C1. The van der Waals surface area contributed by atoms with Gasteiger partial charge in [0.2, 0.25) is 5.82 Å². The Labute approximate surface area is 170 Å². The minimum Gasteiger partial charge on any atom is -0.355 e. The highest BCUT2D eigenvalue weighted by Gasteiger charge is 2.37. The number of amides is 2. The number of benzene rings is 1. The van der Waals surface area contributed by atoms with Crippen LogP contribution in [0.4, 0.5) is 31.4 Å². The smallest absolute Gasteiger partial charge is 0.293 e. The number of halogens is 6. The molecule has 12 heteroatoms. The van der Waals surface area contributed by atoms with Crippen LogP contribution in [0.5, 0.6) is 0 Å². The normalized spacial score (nSPS) is 13.9. The van der Waals surface area contributed by atoms with Crippen molar-refractivity contribution in [3.63, 3.8) is 0 Å². The summed E-state index contributed by atoms with van der Waals surface area (Å²) in [5, 5.41) is 0.958. The maximum Gasteiger partial charge on any atom is 0.293 e. The predicted molar refractivity (Wildman–Crippen MR) is 96.5 cm³/mol. The molecule has 1 aliphatic rings. The van der Waals surface area contributed by atoms with E-state index in [1.807, 2.05) is 11.8 Å². The molecule has 1 aliphatic heterocycles. The molecular formula is C18H15F6N3O2S. The van der Waals surface area contributed by atoms with E-state index in [1.165, 1.54) is 7.05 Å². The Morgan fingerprint density at radius 3 is 2.13 bits per heavy atom. The van der Waals surface area contributed by atoms with E-state index < -0.39 is 56.6 Å². The van der Waals surface area contributed by atoms with Crippen LogP contribution in [0.1, 0.15) is 38.1 Å². The fraction of sp³-hybridized carbons (Fsp3) is 0.333. The standard InChI is InChI=1S/C18H15F6N3O2S/c1-3-26-5-4-7-8(6-26)30-18(9(7)16(28)25-2)27(24)17(29)10-11(19)13(21)15(23)14(22)12(10)20/h3-6H2,1-2H3,(H,25,28). The first kappa shape index (κ1) is 22.1. The van der Waals surface area contributed by atoms with Crippen molar-refractivity contribution in [2.45, 2.75) is 19.9 Å². The maximum absolute atomic E-state index is 15.0. The van der Waals surface area contributed by atoms with E-state index in [0.717, 1.165) is 0 Å². The molecule has 2 aromatic rings. The lowest BCUT2D eigenvalue weighted by Gasteiger charge is -2.25. The van der Waals surface area contributed by atoms with Gasteiger partial charge < -0.3 is 5.32 Å². The summed E-state index contributed by atoms with van der Waals surface area (Å²) in [6, 6.07) is 0. The molecule has 0 saturated carbocycles. The molecule has 0 spiro atoms. The second kappa shape index (κ2) is 8.26. The number of hydrogen-bond acceptors (Lipinski definition) is 4. The second-order valence-electron chi connectivity index (χ2n) is 6.41. The van der Waals surface area contributed by atoms with Gasteiger partial charge in [-0.3, -0.25) is 14.5 Å². The van der Waals surface area contributed by atoms with Crippen LogP contribution < -0.4 is 10.4 Å². The molecule has 0 fully saturated rings. The van der Waals surface area contributed by atoms with Crippen LogP contribution in [0.15, 0.2) is 0 Å². The zero-order valence-corrected chi connectivity index (χ0v) is 16.5. The van der Waals surface area contributed by atoms with E-state index in [4.69, 9.17) is 0 Å². The largest absolute Gasteiger partial charge is 0.355 e. The number of anilines is 1. The zero-order valence-electron chi connectivity index (χ0n) is 15.7. The van der Waals surface area contributed by atoms with E-state index >= 15 is 0 Å². The van der Waals surface area contributed by atoms with Crippen molar-refractivity contribution < 1.29 is 36.0 Å². The number of fused-ring (bicyclic) bond motifs is 1. The third-order valence-corrected chi connectivity index (χ3v) is 5.98. The van der Waals surface area contributed by atoms with Crippen LogP contribution in [0.2, 0.25) is 0 Å². The van der Waals surface area contributed by atoms with Crippen LogP contribution >= 0.6 is 11.3 Å². The fourth-order valence-electron chi connectivity index (χ4n) is 3.19. The third-order valence-electron chi connectivity index (χ3n) is 4.80. The van der Waals surface area contributed by atoms with Crippen molar-refractivity contribution in [3.05, 3.63) is 50.7 Å². The highest BCUT2D eigenvalue weighted by Crippen LogP contribution is 2.40. The summed E-state index contributed by atoms with van der Waals surface area (Å²) in [4.78, 5) is 27.3. The molecule has 3 rings (SSSR count). The topological polar surface area (TPSA) is 52.7 Å². The Morgan fingerprint density at radius 1 is 1.03 bits per heavy atom. The van der Waals surface area contributed by atoms with Gasteiger partial charge in [0.05, 0.1) is 5.56 Å². The maximum atomic E-state index is 15.0. The number of carbonyl (C=O) groups excluding carboxylic acids is 2. The van der Waals surface area contributed by atoms with Gasteiger partial charge in [0.25, 0.3) is 11.8 Å². The number of rotatable bonds is 4. The zero-order chi connectivity index (χ0) is 22.3. The molecule has 2 amide bonds. The molecular weight excluding hydrogens is 436 g/mol. The molecule has 2 heterocycles. The Hall–Kier alpha value is -2.60. The molecule has 5 nitrogen and oxygen atoms in total. The number of hydrogen-bond donors (Lipinski definition) is 1. The van der Waals surface area contributed by atoms with Gasteiger partial charge in [-0.2, -0.15) is 0 Å². The van der Waals surface area contributed by atoms with Crippen molar-refractivity contribution in [1.29, 1.82) is 0 Å². The monoisotopic (exact) mass is 451 g/mol. The summed E-state index contributed by atoms with van der Waals surface area (Å²) in [6.45, 7) is 3.48. The van der Waals surface area contributed by atoms with E-state index in [0.29, 0.717) is 47.8 Å². The van der Waals surface area contributed by atoms with Gasteiger partial charge in [-0.1, -0.05) is 11.4 Å². The highest BCUT2D eigenvalue weighted by molar-refractivity contribution is 7.17. The second-order valence-corrected chi connectivity index (χ2v) is 7.50. The molecule has 0 atom stereocenters. The summed E-state index contributed by atoms with van der Waals surface area (Å²) in [7, 11) is 1.27. The highest BCUT2D eigenvalue weighted by atomic mass is 32.1. The summed E-state index contributed by atoms with van der Waals surface area (Å²) in [5.74, 6) is -15.0. The molecule has 162 valence electrons. The molecule has 1 aromatic carbocycles. The van der Waals surface area contributed by atoms with E-state index in [-0.39, 0.29) is 5.56 Å². The summed E-state index contributed by atoms with van der Waals surface area (Å²) < 4.78 is 83.0. The van der Waals surface area contributed by atoms with Gasteiger partial charge in [0.1, 0.15) is 10.6 Å². The molecule has 0 bridgehead atoms. The van der Waals surface area contributed by atoms with Crippen molar-refractivity contribution in [1.82, 2.24) is 10.2 Å². The van der Waals surface area contributed by atoms with Gasteiger partial charge in [-0.05, 0) is 18.5 Å². The lowest BCUT2D eigenvalue weighted by molar-refractivity contribution is 0.0919. The van der Waals surface area contributed by atoms with Crippen molar-refractivity contribution in [3.8, 4) is 0 Å². The van der Waals surface area contributed by atoms with Crippen molar-refractivity contribution in [2.24, 2.45) is 0 Å². The Kier molecular flexibility index (Phi) is 6.09. The van der Waals surface area contributed by atoms with Gasteiger partial charge >= 0.3 is 0 Å². The van der Waals surface area contributed by atoms with Gasteiger partial charge in [-0.15, -0.1) is 16.5 Å². The number of carbonyl (C=O) groups is 2. The quantitative estimate of drug-likeness (QED) is 0.334. The third kappa shape index (κ3) is 3.43. The minimum atomic E-state index is -2.47. The van der Waals surface area contributed by atoms with Crippen LogP contribution in [0.3, 0.4) is 0 Å². The average molecular weight is 451 g/mol. The molecule has 1 aromatic heterocycles. The first-order chi connectivity index (χ1) is 14.1. The van der Waals surface area contributed by atoms with Gasteiger partial charge in [-0.25, -0.2) is 22.0 Å². The predicted octanol–water partition coefficient (Wildman–Crippen LogP) is 3.71. The Morgan fingerprint density at radius 2 is 1.60 bits per heavy atom. The summed E-state index contributed by atoms with van der Waals surface area (Å²) >= 11 is 0.700. The Balaban J connectivity index is 2.12. The molecule has 0 saturated heterocycles. The average Bonchev–Trinajstić information content (AvgIpc) is 3.13. The van der Waals surface area contributed by atoms with Crippen molar-refractivity contribution in [2.75, 3.05) is 25.3 Å². The lowest BCUT2D eigenvalue weighted by atomic mass is 10.0. The Bertz CT molecular complexity index is 1010. The molecule has 0 aliphatic carbocycles. The lowest BCUT2D eigenvalue weighted by Crippen LogP contribution is -2.31. The number of thiophene rings is 1. The van der Waals surface area contributed by atoms with Crippen LogP contribution in [-0.2, 0) is 13.0 Å². The summed E-state index contributed by atoms with van der Waals surface area (Å²) in [6.07, 6.45) is 0.354. The van der Waals surface area contributed by atoms with Gasteiger partial charge in [0.15, 0.2) is 23.3 Å².